The molecule has 1 aliphatic rings. The molecule has 1 aliphatic carbocycles. The lowest BCUT2D eigenvalue weighted by Crippen LogP contribution is -2.01. The van der Waals surface area contributed by atoms with Crippen molar-refractivity contribution in [2.24, 2.45) is 0 Å². The molecule has 6 aromatic carbocycles. The Morgan fingerprint density at radius 2 is 1.29 bits per heavy atom. The standard InChI is InChI=1S/C43H27N3OS/c1-2-12-27(13-3-1)41-44-42(33-17-10-20-38-40(33)32-16-7-9-19-37(32)48-38)46-43(45-41)34-24-30(29-22-21-26-11-4-5-14-28(26)23-29)25-36-39(34)31-15-6-8-18-35(31)47-36/h1-3,5-10,12-25H,4,11H2. The molecule has 0 atom stereocenters. The Kier molecular flexibility index (Phi) is 6.14. The first-order valence-corrected chi connectivity index (χ1v) is 17.1. The average molecular weight is 634 g/mol. The molecule has 226 valence electrons. The number of thiophene rings is 1. The zero-order valence-corrected chi connectivity index (χ0v) is 26.7. The molecular formula is C43H27N3OS. The quantitative estimate of drug-likeness (QED) is 0.193. The van der Waals surface area contributed by atoms with Crippen molar-refractivity contribution in [3.63, 3.8) is 0 Å². The third kappa shape index (κ3) is 4.39. The van der Waals surface area contributed by atoms with E-state index in [-0.39, 0.29) is 0 Å². The van der Waals surface area contributed by atoms with Crippen LogP contribution in [0.4, 0.5) is 0 Å². The molecule has 0 unspecified atom stereocenters. The molecule has 3 aromatic heterocycles. The average Bonchev–Trinajstić information content (AvgIpc) is 3.73. The van der Waals surface area contributed by atoms with Gasteiger partial charge < -0.3 is 4.42 Å². The van der Waals surface area contributed by atoms with Crippen molar-refractivity contribution >= 4 is 59.5 Å². The number of aryl methyl sites for hydroxylation is 1. The smallest absolute Gasteiger partial charge is 0.164 e. The van der Waals surface area contributed by atoms with Crippen LogP contribution in [0.1, 0.15) is 17.5 Å². The number of hydrogen-bond acceptors (Lipinski definition) is 5. The summed E-state index contributed by atoms with van der Waals surface area (Å²) in [5.41, 5.74) is 9.36. The highest BCUT2D eigenvalue weighted by molar-refractivity contribution is 7.25. The normalized spacial score (nSPS) is 12.8. The predicted octanol–water partition coefficient (Wildman–Crippen LogP) is 11.8. The summed E-state index contributed by atoms with van der Waals surface area (Å²) in [6.45, 7) is 0. The van der Waals surface area contributed by atoms with Crippen molar-refractivity contribution in [1.29, 1.82) is 0 Å². The first kappa shape index (κ1) is 27.2. The zero-order valence-electron chi connectivity index (χ0n) is 25.9. The Bertz CT molecular complexity index is 2740. The Labute approximate surface area is 280 Å². The second-order valence-electron chi connectivity index (χ2n) is 12.3. The second-order valence-corrected chi connectivity index (χ2v) is 13.4. The predicted molar refractivity (Wildman–Crippen MR) is 199 cm³/mol. The molecule has 0 saturated heterocycles. The van der Waals surface area contributed by atoms with E-state index in [4.69, 9.17) is 19.4 Å². The van der Waals surface area contributed by atoms with Gasteiger partial charge in [-0.15, -0.1) is 11.3 Å². The molecule has 0 fully saturated rings. The summed E-state index contributed by atoms with van der Waals surface area (Å²) < 4.78 is 8.99. The van der Waals surface area contributed by atoms with Gasteiger partial charge in [0.15, 0.2) is 17.5 Å². The van der Waals surface area contributed by atoms with Crippen LogP contribution >= 0.6 is 11.3 Å². The van der Waals surface area contributed by atoms with E-state index in [1.54, 1.807) is 11.3 Å². The minimum atomic E-state index is 0.617. The number of furan rings is 1. The molecule has 0 aliphatic heterocycles. The minimum absolute atomic E-state index is 0.617. The maximum Gasteiger partial charge on any atom is 0.164 e. The van der Waals surface area contributed by atoms with Gasteiger partial charge in [0.2, 0.25) is 0 Å². The molecule has 0 saturated carbocycles. The zero-order chi connectivity index (χ0) is 31.6. The largest absolute Gasteiger partial charge is 0.456 e. The van der Waals surface area contributed by atoms with Crippen LogP contribution in [0.3, 0.4) is 0 Å². The number of allylic oxidation sites excluding steroid dienone is 1. The summed E-state index contributed by atoms with van der Waals surface area (Å²) in [7, 11) is 0. The molecule has 10 rings (SSSR count). The first-order valence-electron chi connectivity index (χ1n) is 16.2. The van der Waals surface area contributed by atoms with Crippen LogP contribution in [0.25, 0.3) is 93.5 Å². The van der Waals surface area contributed by atoms with Gasteiger partial charge in [0.05, 0.1) is 0 Å². The van der Waals surface area contributed by atoms with Gasteiger partial charge in [0, 0.05) is 47.6 Å². The van der Waals surface area contributed by atoms with Crippen LogP contribution in [0.5, 0.6) is 0 Å². The number of hydrogen-bond donors (Lipinski definition) is 0. The molecule has 0 radical (unpaired) electrons. The van der Waals surface area contributed by atoms with Gasteiger partial charge in [-0.2, -0.15) is 0 Å². The number of fused-ring (bicyclic) bond motifs is 7. The lowest BCUT2D eigenvalue weighted by atomic mass is 9.92. The molecule has 3 heterocycles. The number of benzene rings is 6. The van der Waals surface area contributed by atoms with E-state index in [9.17, 15) is 0 Å². The topological polar surface area (TPSA) is 51.8 Å². The second kappa shape index (κ2) is 10.8. The highest BCUT2D eigenvalue weighted by atomic mass is 32.1. The van der Waals surface area contributed by atoms with E-state index >= 15 is 0 Å². The van der Waals surface area contributed by atoms with Gasteiger partial charge >= 0.3 is 0 Å². The summed E-state index contributed by atoms with van der Waals surface area (Å²) in [6, 6.07) is 44.6. The van der Waals surface area contributed by atoms with Gasteiger partial charge in [0.1, 0.15) is 11.2 Å². The Balaban J connectivity index is 1.28. The van der Waals surface area contributed by atoms with Crippen molar-refractivity contribution in [1.82, 2.24) is 15.0 Å². The SMILES string of the molecule is C1=Cc2cc(-c3cc(-c4nc(-c5ccccc5)nc(-c5cccc6sc7ccccc7c56)n4)c4c(c3)oc3ccccc34)ccc2CC1. The summed E-state index contributed by atoms with van der Waals surface area (Å²) in [5.74, 6) is 1.90. The lowest BCUT2D eigenvalue weighted by molar-refractivity contribution is 0.669. The van der Waals surface area contributed by atoms with Gasteiger partial charge in [-0.25, -0.2) is 15.0 Å². The summed E-state index contributed by atoms with van der Waals surface area (Å²) in [5, 5.41) is 4.42. The van der Waals surface area contributed by atoms with E-state index in [0.717, 1.165) is 62.6 Å². The third-order valence-corrected chi connectivity index (χ3v) is 10.5. The molecular weight excluding hydrogens is 607 g/mol. The first-order chi connectivity index (χ1) is 23.8. The van der Waals surface area contributed by atoms with Crippen molar-refractivity contribution in [2.45, 2.75) is 12.8 Å². The Morgan fingerprint density at radius 1 is 0.521 bits per heavy atom. The van der Waals surface area contributed by atoms with Gasteiger partial charge in [0.25, 0.3) is 0 Å². The Hall–Kier alpha value is -5.91. The molecule has 4 nitrogen and oxygen atoms in total. The van der Waals surface area contributed by atoms with Crippen molar-refractivity contribution in [3.8, 4) is 45.3 Å². The van der Waals surface area contributed by atoms with Crippen molar-refractivity contribution in [3.05, 3.63) is 145 Å². The number of rotatable bonds is 4. The molecule has 5 heteroatoms. The van der Waals surface area contributed by atoms with Crippen LogP contribution in [-0.4, -0.2) is 15.0 Å². The molecule has 48 heavy (non-hydrogen) atoms. The van der Waals surface area contributed by atoms with Crippen LogP contribution in [-0.2, 0) is 6.42 Å². The van der Waals surface area contributed by atoms with Crippen LogP contribution in [0.2, 0.25) is 0 Å². The van der Waals surface area contributed by atoms with Gasteiger partial charge in [-0.1, -0.05) is 103 Å². The Morgan fingerprint density at radius 3 is 2.21 bits per heavy atom. The van der Waals surface area contributed by atoms with E-state index in [1.165, 1.54) is 31.3 Å². The molecule has 0 bridgehead atoms. The maximum absolute atomic E-state index is 6.53. The van der Waals surface area contributed by atoms with E-state index in [0.29, 0.717) is 17.5 Å². The van der Waals surface area contributed by atoms with E-state index in [1.807, 2.05) is 30.3 Å². The number of para-hydroxylation sites is 1. The number of aromatic nitrogens is 3. The monoisotopic (exact) mass is 633 g/mol. The van der Waals surface area contributed by atoms with Crippen LogP contribution in [0, 0.1) is 0 Å². The molecule has 9 aromatic rings. The van der Waals surface area contributed by atoms with E-state index < -0.39 is 0 Å². The number of nitrogens with zero attached hydrogens (tertiary/aromatic N) is 3. The molecule has 0 spiro atoms. The van der Waals surface area contributed by atoms with Crippen LogP contribution in [0.15, 0.2) is 138 Å². The van der Waals surface area contributed by atoms with Gasteiger partial charge in [-0.3, -0.25) is 0 Å². The fourth-order valence-corrected chi connectivity index (χ4v) is 8.23. The highest BCUT2D eigenvalue weighted by Crippen LogP contribution is 2.42. The fourth-order valence-electron chi connectivity index (χ4n) is 7.10. The summed E-state index contributed by atoms with van der Waals surface area (Å²) in [6.07, 6.45) is 6.65. The fraction of sp³-hybridized carbons (Fsp3) is 0.0465. The van der Waals surface area contributed by atoms with Crippen molar-refractivity contribution < 1.29 is 4.42 Å². The van der Waals surface area contributed by atoms with Gasteiger partial charge in [-0.05, 0) is 71.5 Å². The van der Waals surface area contributed by atoms with E-state index in [2.05, 4.69) is 109 Å². The lowest BCUT2D eigenvalue weighted by Gasteiger charge is -2.14. The molecule has 0 amide bonds. The van der Waals surface area contributed by atoms with Crippen LogP contribution < -0.4 is 0 Å². The third-order valence-electron chi connectivity index (χ3n) is 9.39. The molecule has 0 N–H and O–H groups in total. The maximum atomic E-state index is 6.53. The van der Waals surface area contributed by atoms with Crippen molar-refractivity contribution in [2.75, 3.05) is 0 Å². The highest BCUT2D eigenvalue weighted by Gasteiger charge is 2.21. The summed E-state index contributed by atoms with van der Waals surface area (Å²) in [4.78, 5) is 15.7. The summed E-state index contributed by atoms with van der Waals surface area (Å²) >= 11 is 1.80. The minimum Gasteiger partial charge on any atom is -0.456 e.